The summed E-state index contributed by atoms with van der Waals surface area (Å²) in [5, 5.41) is 0. The van der Waals surface area contributed by atoms with Crippen LogP contribution in [0.3, 0.4) is 0 Å². The third-order valence-corrected chi connectivity index (χ3v) is 7.06. The highest BCUT2D eigenvalue weighted by Gasteiger charge is 2.21. The van der Waals surface area contributed by atoms with Crippen molar-refractivity contribution < 1.29 is 8.42 Å². The molecule has 6 nitrogen and oxygen atoms in total. The van der Waals surface area contributed by atoms with Gasteiger partial charge < -0.3 is 0 Å². The number of pyridine rings is 1. The molecular formula is C22H26N4O2S. The fraction of sp³-hybridized carbons (Fsp3) is 0.318. The maximum atomic E-state index is 13.0. The van der Waals surface area contributed by atoms with Crippen LogP contribution in [0, 0.1) is 0 Å². The van der Waals surface area contributed by atoms with E-state index in [4.69, 9.17) is 0 Å². The van der Waals surface area contributed by atoms with Crippen LogP contribution in [0.4, 0.5) is 0 Å². The first-order chi connectivity index (χ1) is 14.1. The standard InChI is InChI=1S/C22H26N4O2S/c27-29(28,22-7-2-1-3-8-22)26-15-4-6-21(26)19-25-14-5-13-24(16-17-25)18-20-9-11-23-12-10-20/h1-4,6-12,15H,5,13-14,16-19H2. The van der Waals surface area contributed by atoms with Crippen LogP contribution < -0.4 is 0 Å². The Labute approximate surface area is 172 Å². The SMILES string of the molecule is O=S(=O)(c1ccccc1)n1cccc1CN1CCCN(Cc2ccncc2)CC1. The molecule has 7 heteroatoms. The Morgan fingerprint density at radius 3 is 2.21 bits per heavy atom. The number of hydrogen-bond donors (Lipinski definition) is 0. The summed E-state index contributed by atoms with van der Waals surface area (Å²) in [5.74, 6) is 0. The van der Waals surface area contributed by atoms with Crippen LogP contribution in [0.25, 0.3) is 0 Å². The number of rotatable bonds is 6. The van der Waals surface area contributed by atoms with Crippen molar-refractivity contribution in [3.63, 3.8) is 0 Å². The molecule has 0 aliphatic carbocycles. The number of nitrogens with zero attached hydrogens (tertiary/aromatic N) is 4. The molecule has 29 heavy (non-hydrogen) atoms. The molecule has 0 spiro atoms. The Balaban J connectivity index is 1.43. The summed E-state index contributed by atoms with van der Waals surface area (Å²) in [7, 11) is -3.56. The topological polar surface area (TPSA) is 58.4 Å². The lowest BCUT2D eigenvalue weighted by Gasteiger charge is -2.22. The molecule has 3 heterocycles. The molecule has 152 valence electrons. The van der Waals surface area contributed by atoms with Crippen LogP contribution in [0.15, 0.2) is 78.1 Å². The molecule has 3 aromatic rings. The summed E-state index contributed by atoms with van der Waals surface area (Å²) in [6, 6.07) is 16.4. The third kappa shape index (κ3) is 4.75. The maximum Gasteiger partial charge on any atom is 0.267 e. The normalized spacial score (nSPS) is 16.6. The average molecular weight is 411 g/mol. The quantitative estimate of drug-likeness (QED) is 0.625. The molecule has 1 fully saturated rings. The van der Waals surface area contributed by atoms with E-state index in [2.05, 4.69) is 26.9 Å². The van der Waals surface area contributed by atoms with Gasteiger partial charge in [0.1, 0.15) is 0 Å². The lowest BCUT2D eigenvalue weighted by atomic mass is 10.2. The molecule has 0 atom stereocenters. The zero-order valence-electron chi connectivity index (χ0n) is 16.4. The molecule has 0 saturated carbocycles. The van der Waals surface area contributed by atoms with E-state index in [1.165, 1.54) is 9.54 Å². The predicted octanol–water partition coefficient (Wildman–Crippen LogP) is 2.83. The summed E-state index contributed by atoms with van der Waals surface area (Å²) in [5.41, 5.74) is 2.08. The zero-order valence-corrected chi connectivity index (χ0v) is 17.2. The van der Waals surface area contributed by atoms with Crippen molar-refractivity contribution in [2.75, 3.05) is 26.2 Å². The van der Waals surface area contributed by atoms with E-state index in [0.29, 0.717) is 11.4 Å². The molecule has 1 aromatic carbocycles. The van der Waals surface area contributed by atoms with Crippen LogP contribution in [0.2, 0.25) is 0 Å². The van der Waals surface area contributed by atoms with Crippen LogP contribution in [-0.4, -0.2) is 53.4 Å². The van der Waals surface area contributed by atoms with Crippen molar-refractivity contribution in [3.8, 4) is 0 Å². The minimum absolute atomic E-state index is 0.317. The summed E-state index contributed by atoms with van der Waals surface area (Å²) < 4.78 is 27.4. The van der Waals surface area contributed by atoms with Gasteiger partial charge in [-0.2, -0.15) is 0 Å². The van der Waals surface area contributed by atoms with E-state index in [9.17, 15) is 8.42 Å². The first-order valence-electron chi connectivity index (χ1n) is 9.93. The Bertz CT molecular complexity index is 1020. The van der Waals surface area contributed by atoms with Gasteiger partial charge in [0.05, 0.1) is 4.90 Å². The Morgan fingerprint density at radius 2 is 1.48 bits per heavy atom. The summed E-state index contributed by atoms with van der Waals surface area (Å²) in [4.78, 5) is 9.20. The predicted molar refractivity (Wildman–Crippen MR) is 113 cm³/mol. The Morgan fingerprint density at radius 1 is 0.793 bits per heavy atom. The van der Waals surface area contributed by atoms with Crippen LogP contribution in [0.1, 0.15) is 17.7 Å². The third-order valence-electron chi connectivity index (χ3n) is 5.32. The van der Waals surface area contributed by atoms with Crippen LogP contribution in [0.5, 0.6) is 0 Å². The average Bonchev–Trinajstić information content (AvgIpc) is 3.11. The zero-order chi connectivity index (χ0) is 20.1. The van der Waals surface area contributed by atoms with Gasteiger partial charge in [-0.25, -0.2) is 12.4 Å². The second kappa shape index (κ2) is 8.90. The van der Waals surface area contributed by atoms with Crippen molar-refractivity contribution >= 4 is 10.0 Å². The van der Waals surface area contributed by atoms with Crippen molar-refractivity contribution in [2.45, 2.75) is 24.4 Å². The fourth-order valence-corrected chi connectivity index (χ4v) is 5.17. The van der Waals surface area contributed by atoms with Crippen LogP contribution >= 0.6 is 0 Å². The van der Waals surface area contributed by atoms with E-state index in [0.717, 1.165) is 44.8 Å². The highest BCUT2D eigenvalue weighted by atomic mass is 32.2. The molecule has 0 radical (unpaired) electrons. The number of hydrogen-bond acceptors (Lipinski definition) is 5. The maximum absolute atomic E-state index is 13.0. The molecule has 0 unspecified atom stereocenters. The van der Waals surface area contributed by atoms with E-state index >= 15 is 0 Å². The van der Waals surface area contributed by atoms with Gasteiger partial charge in [0.2, 0.25) is 0 Å². The van der Waals surface area contributed by atoms with E-state index in [1.54, 1.807) is 30.5 Å². The second-order valence-corrected chi connectivity index (χ2v) is 9.19. The Hall–Kier alpha value is -2.48. The minimum atomic E-state index is -3.56. The monoisotopic (exact) mass is 410 g/mol. The van der Waals surface area contributed by atoms with Gasteiger partial charge >= 0.3 is 0 Å². The summed E-state index contributed by atoms with van der Waals surface area (Å²) in [6.07, 6.45) is 6.38. The lowest BCUT2D eigenvalue weighted by molar-refractivity contribution is 0.245. The van der Waals surface area contributed by atoms with Gasteiger partial charge in [0.15, 0.2) is 0 Å². The minimum Gasteiger partial charge on any atom is -0.298 e. The first-order valence-corrected chi connectivity index (χ1v) is 11.4. The smallest absolute Gasteiger partial charge is 0.267 e. The van der Waals surface area contributed by atoms with Gasteiger partial charge in [-0.1, -0.05) is 18.2 Å². The highest BCUT2D eigenvalue weighted by Crippen LogP contribution is 2.18. The van der Waals surface area contributed by atoms with Gasteiger partial charge in [-0.15, -0.1) is 0 Å². The number of aromatic nitrogens is 2. The van der Waals surface area contributed by atoms with Crippen molar-refractivity contribution in [1.29, 1.82) is 0 Å². The van der Waals surface area contributed by atoms with Crippen molar-refractivity contribution in [1.82, 2.24) is 18.8 Å². The molecule has 2 aromatic heterocycles. The first kappa shape index (κ1) is 19.8. The molecule has 0 bridgehead atoms. The second-order valence-electron chi connectivity index (χ2n) is 7.37. The van der Waals surface area contributed by atoms with Crippen molar-refractivity contribution in [2.24, 2.45) is 0 Å². The largest absolute Gasteiger partial charge is 0.298 e. The molecule has 1 aliphatic rings. The highest BCUT2D eigenvalue weighted by molar-refractivity contribution is 7.90. The van der Waals surface area contributed by atoms with E-state index in [1.807, 2.05) is 30.6 Å². The summed E-state index contributed by atoms with van der Waals surface area (Å²) in [6.45, 7) is 5.44. The number of benzene rings is 1. The van der Waals surface area contributed by atoms with Gasteiger partial charge in [0.25, 0.3) is 10.0 Å². The molecular weight excluding hydrogens is 384 g/mol. The van der Waals surface area contributed by atoms with E-state index < -0.39 is 10.0 Å². The molecule has 0 amide bonds. The molecule has 0 N–H and O–H groups in total. The molecule has 1 saturated heterocycles. The molecule has 1 aliphatic heterocycles. The van der Waals surface area contributed by atoms with Gasteiger partial charge in [-0.05, 0) is 61.5 Å². The van der Waals surface area contributed by atoms with Crippen molar-refractivity contribution in [3.05, 3.63) is 84.4 Å². The van der Waals surface area contributed by atoms with Gasteiger partial charge in [-0.3, -0.25) is 14.8 Å². The lowest BCUT2D eigenvalue weighted by Crippen LogP contribution is -2.31. The Kier molecular flexibility index (Phi) is 6.08. The van der Waals surface area contributed by atoms with Gasteiger partial charge in [0, 0.05) is 50.5 Å². The molecule has 4 rings (SSSR count). The fourth-order valence-electron chi connectivity index (χ4n) is 3.78. The summed E-state index contributed by atoms with van der Waals surface area (Å²) >= 11 is 0. The van der Waals surface area contributed by atoms with Crippen LogP contribution in [-0.2, 0) is 23.1 Å². The van der Waals surface area contributed by atoms with E-state index in [-0.39, 0.29) is 0 Å².